The number of anilines is 1. The van der Waals surface area contributed by atoms with E-state index in [4.69, 9.17) is 10.5 Å². The number of ether oxygens (including phenoxy) is 1. The highest BCUT2D eigenvalue weighted by atomic mass is 16.5. The highest BCUT2D eigenvalue weighted by Gasteiger charge is 2.12. The van der Waals surface area contributed by atoms with Crippen LogP contribution in [0.25, 0.3) is 22.3 Å². The molecule has 26 heavy (non-hydrogen) atoms. The van der Waals surface area contributed by atoms with Crippen LogP contribution in [0.1, 0.15) is 0 Å². The van der Waals surface area contributed by atoms with Gasteiger partial charge in [0.15, 0.2) is 0 Å². The van der Waals surface area contributed by atoms with Crippen molar-refractivity contribution < 1.29 is 4.74 Å². The molecule has 0 radical (unpaired) electrons. The van der Waals surface area contributed by atoms with Gasteiger partial charge in [-0.05, 0) is 47.0 Å². The normalized spacial score (nSPS) is 10.5. The van der Waals surface area contributed by atoms with E-state index in [1.165, 1.54) is 11.1 Å². The van der Waals surface area contributed by atoms with Crippen molar-refractivity contribution in [2.24, 2.45) is 0 Å². The average molecular weight is 337 g/mol. The molecule has 2 nitrogen and oxygen atoms in total. The molecular weight excluding hydrogens is 318 g/mol. The van der Waals surface area contributed by atoms with Crippen molar-refractivity contribution in [2.45, 2.75) is 0 Å². The van der Waals surface area contributed by atoms with E-state index < -0.39 is 0 Å². The predicted octanol–water partition coefficient (Wildman–Crippen LogP) is 6.40. The van der Waals surface area contributed by atoms with Crippen molar-refractivity contribution in [3.63, 3.8) is 0 Å². The smallest absolute Gasteiger partial charge is 0.135 e. The Labute approximate surface area is 153 Å². The topological polar surface area (TPSA) is 35.2 Å². The molecule has 0 aliphatic rings. The molecule has 2 N–H and O–H groups in total. The van der Waals surface area contributed by atoms with Crippen LogP contribution in [0.4, 0.5) is 5.69 Å². The van der Waals surface area contributed by atoms with E-state index in [0.29, 0.717) is 0 Å². The molecule has 0 unspecified atom stereocenters. The van der Waals surface area contributed by atoms with Gasteiger partial charge in [-0.15, -0.1) is 0 Å². The standard InChI is InChI=1S/C24H19NO/c25-19-14-16-20(17-15-19)26-24-13-7-6-12-23(24)22-11-5-4-10-21(22)18-8-2-1-3-9-18/h1-17H,25H2. The first-order chi connectivity index (χ1) is 12.8. The summed E-state index contributed by atoms with van der Waals surface area (Å²) in [6, 6.07) is 34.4. The van der Waals surface area contributed by atoms with E-state index in [-0.39, 0.29) is 0 Å². The molecule has 0 fully saturated rings. The van der Waals surface area contributed by atoms with Gasteiger partial charge in [0.2, 0.25) is 0 Å². The highest BCUT2D eigenvalue weighted by Crippen LogP contribution is 2.38. The van der Waals surface area contributed by atoms with Crippen LogP contribution in [0, 0.1) is 0 Å². The van der Waals surface area contributed by atoms with E-state index in [1.807, 2.05) is 48.5 Å². The van der Waals surface area contributed by atoms with E-state index in [2.05, 4.69) is 54.6 Å². The van der Waals surface area contributed by atoms with Crippen molar-refractivity contribution in [2.75, 3.05) is 5.73 Å². The van der Waals surface area contributed by atoms with Crippen LogP contribution in [-0.2, 0) is 0 Å². The van der Waals surface area contributed by atoms with Crippen LogP contribution in [0.2, 0.25) is 0 Å². The molecule has 0 atom stereocenters. The van der Waals surface area contributed by atoms with Gasteiger partial charge in [-0.2, -0.15) is 0 Å². The molecule has 0 aromatic heterocycles. The summed E-state index contributed by atoms with van der Waals surface area (Å²) in [7, 11) is 0. The van der Waals surface area contributed by atoms with Crippen molar-refractivity contribution >= 4 is 5.69 Å². The van der Waals surface area contributed by atoms with Crippen LogP contribution < -0.4 is 10.5 Å². The van der Waals surface area contributed by atoms with Crippen LogP contribution >= 0.6 is 0 Å². The van der Waals surface area contributed by atoms with Gasteiger partial charge >= 0.3 is 0 Å². The van der Waals surface area contributed by atoms with Gasteiger partial charge in [0.05, 0.1) is 0 Å². The molecule has 4 aromatic rings. The first-order valence-electron chi connectivity index (χ1n) is 8.58. The van der Waals surface area contributed by atoms with Gasteiger partial charge in [0.25, 0.3) is 0 Å². The maximum absolute atomic E-state index is 6.15. The minimum absolute atomic E-state index is 0.722. The average Bonchev–Trinajstić information content (AvgIpc) is 2.71. The third-order valence-electron chi connectivity index (χ3n) is 4.30. The summed E-state index contributed by atoms with van der Waals surface area (Å²) < 4.78 is 6.15. The summed E-state index contributed by atoms with van der Waals surface area (Å²) in [6.07, 6.45) is 0. The number of nitrogens with two attached hydrogens (primary N) is 1. The Morgan fingerprint density at radius 3 is 1.81 bits per heavy atom. The Morgan fingerprint density at radius 1 is 0.500 bits per heavy atom. The van der Waals surface area contributed by atoms with Gasteiger partial charge in [-0.3, -0.25) is 0 Å². The van der Waals surface area contributed by atoms with Crippen molar-refractivity contribution in [1.82, 2.24) is 0 Å². The number of benzene rings is 4. The first kappa shape index (κ1) is 16.0. The third-order valence-corrected chi connectivity index (χ3v) is 4.30. The molecule has 0 aliphatic carbocycles. The van der Waals surface area contributed by atoms with Crippen LogP contribution in [-0.4, -0.2) is 0 Å². The van der Waals surface area contributed by atoms with Crippen molar-refractivity contribution in [1.29, 1.82) is 0 Å². The number of rotatable bonds is 4. The maximum atomic E-state index is 6.15. The summed E-state index contributed by atoms with van der Waals surface area (Å²) in [5.74, 6) is 1.59. The minimum atomic E-state index is 0.722. The molecule has 0 aliphatic heterocycles. The molecule has 4 aromatic carbocycles. The number of nitrogen functional groups attached to an aromatic ring is 1. The second-order valence-corrected chi connectivity index (χ2v) is 6.08. The molecular formula is C24H19NO. The lowest BCUT2D eigenvalue weighted by Crippen LogP contribution is -1.91. The Morgan fingerprint density at radius 2 is 1.08 bits per heavy atom. The van der Waals surface area contributed by atoms with Crippen LogP contribution in [0.15, 0.2) is 103 Å². The summed E-state index contributed by atoms with van der Waals surface area (Å²) >= 11 is 0. The quantitative estimate of drug-likeness (QED) is 0.438. The van der Waals surface area contributed by atoms with E-state index in [0.717, 1.165) is 28.3 Å². The largest absolute Gasteiger partial charge is 0.457 e. The Bertz CT molecular complexity index is 1010. The van der Waals surface area contributed by atoms with E-state index in [9.17, 15) is 0 Å². The Hall–Kier alpha value is -3.52. The lowest BCUT2D eigenvalue weighted by molar-refractivity contribution is 0.484. The highest BCUT2D eigenvalue weighted by molar-refractivity contribution is 5.86. The molecule has 0 saturated carbocycles. The van der Waals surface area contributed by atoms with Gasteiger partial charge in [-0.1, -0.05) is 72.8 Å². The van der Waals surface area contributed by atoms with E-state index in [1.54, 1.807) is 0 Å². The lowest BCUT2D eigenvalue weighted by atomic mass is 9.94. The summed E-state index contributed by atoms with van der Waals surface area (Å²) in [5, 5.41) is 0. The molecule has 0 saturated heterocycles. The zero-order valence-corrected chi connectivity index (χ0v) is 14.3. The summed E-state index contributed by atoms with van der Waals surface area (Å²) in [6.45, 7) is 0. The zero-order chi connectivity index (χ0) is 17.8. The molecule has 0 amide bonds. The predicted molar refractivity (Wildman–Crippen MR) is 108 cm³/mol. The molecule has 126 valence electrons. The van der Waals surface area contributed by atoms with Gasteiger partial charge < -0.3 is 10.5 Å². The van der Waals surface area contributed by atoms with Crippen LogP contribution in [0.5, 0.6) is 11.5 Å². The number of para-hydroxylation sites is 1. The van der Waals surface area contributed by atoms with Gasteiger partial charge in [0, 0.05) is 11.3 Å². The summed E-state index contributed by atoms with van der Waals surface area (Å²) in [5.41, 5.74) is 11.1. The second-order valence-electron chi connectivity index (χ2n) is 6.08. The maximum Gasteiger partial charge on any atom is 0.135 e. The third kappa shape index (κ3) is 3.31. The Kier molecular flexibility index (Phi) is 4.40. The molecule has 0 spiro atoms. The van der Waals surface area contributed by atoms with Crippen molar-refractivity contribution in [3.05, 3.63) is 103 Å². The molecule has 4 rings (SSSR count). The van der Waals surface area contributed by atoms with Gasteiger partial charge in [-0.25, -0.2) is 0 Å². The molecule has 2 heteroatoms. The van der Waals surface area contributed by atoms with Crippen molar-refractivity contribution in [3.8, 4) is 33.8 Å². The monoisotopic (exact) mass is 337 g/mol. The number of hydrogen-bond donors (Lipinski definition) is 1. The Balaban J connectivity index is 1.79. The second kappa shape index (κ2) is 7.16. The van der Waals surface area contributed by atoms with Crippen LogP contribution in [0.3, 0.4) is 0 Å². The fraction of sp³-hybridized carbons (Fsp3) is 0. The summed E-state index contributed by atoms with van der Waals surface area (Å²) in [4.78, 5) is 0. The fourth-order valence-electron chi connectivity index (χ4n) is 3.03. The first-order valence-corrected chi connectivity index (χ1v) is 8.58. The molecule has 0 bridgehead atoms. The minimum Gasteiger partial charge on any atom is -0.457 e. The lowest BCUT2D eigenvalue weighted by Gasteiger charge is -2.15. The zero-order valence-electron chi connectivity index (χ0n) is 14.3. The van der Waals surface area contributed by atoms with Gasteiger partial charge in [0.1, 0.15) is 11.5 Å². The SMILES string of the molecule is Nc1ccc(Oc2ccccc2-c2ccccc2-c2ccccc2)cc1. The van der Waals surface area contributed by atoms with E-state index >= 15 is 0 Å². The number of hydrogen-bond acceptors (Lipinski definition) is 2. The fourth-order valence-corrected chi connectivity index (χ4v) is 3.03. The molecule has 0 heterocycles.